The van der Waals surface area contributed by atoms with Gasteiger partial charge in [0.25, 0.3) is 0 Å². The van der Waals surface area contributed by atoms with Crippen LogP contribution >= 0.6 is 11.3 Å². The van der Waals surface area contributed by atoms with Gasteiger partial charge < -0.3 is 29.3 Å². The first-order chi connectivity index (χ1) is 22.0. The number of carboxylic acid groups (broad SMARTS) is 1. The highest BCUT2D eigenvalue weighted by Gasteiger charge is 2.43. The molecule has 3 fully saturated rings. The maximum Gasteiger partial charge on any atom is 0.573 e. The fraction of sp³-hybridized carbons (Fsp3) is 0.419. The van der Waals surface area contributed by atoms with Gasteiger partial charge in [-0.1, -0.05) is 28.6 Å². The van der Waals surface area contributed by atoms with Gasteiger partial charge in [0.1, 0.15) is 29.1 Å². The number of thiazole rings is 1. The maximum atomic E-state index is 15.0. The third-order valence-electron chi connectivity index (χ3n) is 8.54. The first kappa shape index (κ1) is 30.4. The Morgan fingerprint density at radius 3 is 2.54 bits per heavy atom. The van der Waals surface area contributed by atoms with Crippen LogP contribution in [0.2, 0.25) is 0 Å². The molecule has 4 aromatic rings. The Morgan fingerprint density at radius 1 is 1.11 bits per heavy atom. The number of para-hydroxylation sites is 1. The fourth-order valence-electron chi connectivity index (χ4n) is 6.49. The number of carbonyl (C=O) groups is 2. The highest BCUT2D eigenvalue weighted by molar-refractivity contribution is 7.22. The van der Waals surface area contributed by atoms with Gasteiger partial charge in [0.2, 0.25) is 5.91 Å². The van der Waals surface area contributed by atoms with Crippen molar-refractivity contribution in [3.63, 3.8) is 0 Å². The molecule has 2 saturated heterocycles. The van der Waals surface area contributed by atoms with Crippen molar-refractivity contribution in [2.45, 2.75) is 82.0 Å². The number of nitrogens with zero attached hydrogens (tertiary/aromatic N) is 3. The summed E-state index contributed by atoms with van der Waals surface area (Å²) in [6, 6.07) is 8.74. The van der Waals surface area contributed by atoms with E-state index in [1.165, 1.54) is 29.5 Å². The number of hydrogen-bond donors (Lipinski definition) is 2. The number of amides is 1. The molecule has 1 saturated carbocycles. The van der Waals surface area contributed by atoms with Crippen molar-refractivity contribution in [1.29, 1.82) is 0 Å². The zero-order valence-electron chi connectivity index (χ0n) is 24.2. The van der Waals surface area contributed by atoms with E-state index in [2.05, 4.69) is 25.1 Å². The van der Waals surface area contributed by atoms with Gasteiger partial charge in [-0.15, -0.1) is 13.2 Å². The molecule has 2 aromatic carbocycles. The molecule has 7 rings (SSSR count). The van der Waals surface area contributed by atoms with E-state index in [0.717, 1.165) is 31.7 Å². The fourth-order valence-corrected chi connectivity index (χ4v) is 7.66. The molecule has 0 spiro atoms. The average molecular weight is 661 g/mol. The van der Waals surface area contributed by atoms with Crippen LogP contribution in [0.15, 0.2) is 40.9 Å². The highest BCUT2D eigenvalue weighted by atomic mass is 32.1. The molecule has 2 unspecified atom stereocenters. The van der Waals surface area contributed by atoms with Crippen molar-refractivity contribution in [1.82, 2.24) is 10.1 Å². The Morgan fingerprint density at radius 2 is 1.85 bits per heavy atom. The number of carbonyl (C=O) groups excluding carboxylic acids is 1. The molecule has 242 valence electrons. The average Bonchev–Trinajstić information content (AvgIpc) is 3.49. The smallest absolute Gasteiger partial charge is 0.481 e. The Kier molecular flexibility index (Phi) is 7.83. The summed E-state index contributed by atoms with van der Waals surface area (Å²) in [5.74, 6) is -2.23. The SMILES string of the molecule is O=C(O)CC(=O)Nc1cc(F)c2nc(N3C4CCC3CC(OCc3c(-c5ccccc5OC(F)(F)F)noc3C3CC3)C4)sc2c1. The summed E-state index contributed by atoms with van der Waals surface area (Å²) in [5.41, 5.74) is 1.42. The number of aliphatic carboxylic acids is 1. The summed E-state index contributed by atoms with van der Waals surface area (Å²) in [7, 11) is 0. The molecular weight excluding hydrogens is 632 g/mol. The number of benzene rings is 2. The van der Waals surface area contributed by atoms with Crippen LogP contribution in [0, 0.1) is 5.82 Å². The first-order valence-electron chi connectivity index (χ1n) is 14.9. The van der Waals surface area contributed by atoms with Crippen LogP contribution in [0.25, 0.3) is 21.5 Å². The third kappa shape index (κ3) is 6.25. The van der Waals surface area contributed by atoms with Crippen molar-refractivity contribution >= 4 is 44.2 Å². The molecule has 2 atom stereocenters. The Labute approximate surface area is 263 Å². The number of fused-ring (bicyclic) bond motifs is 3. The molecule has 15 heteroatoms. The highest BCUT2D eigenvalue weighted by Crippen LogP contribution is 2.47. The van der Waals surface area contributed by atoms with Gasteiger partial charge in [0.05, 0.1) is 17.4 Å². The molecular formula is C31H28F4N4O6S. The first-order valence-corrected chi connectivity index (χ1v) is 15.7. The lowest BCUT2D eigenvalue weighted by Gasteiger charge is -2.38. The lowest BCUT2D eigenvalue weighted by molar-refractivity contribution is -0.274. The minimum absolute atomic E-state index is 0.0906. The number of rotatable bonds is 10. The molecule has 1 aliphatic carbocycles. The van der Waals surface area contributed by atoms with Crippen molar-refractivity contribution in [3.05, 3.63) is 53.5 Å². The summed E-state index contributed by atoms with van der Waals surface area (Å²) in [5, 5.41) is 16.1. The normalized spacial score (nSPS) is 21.1. The standard InChI is InChI=1S/C31H28F4N4O6S/c32-22-9-16(36-25(40)13-26(41)42)10-24-28(22)37-30(46-24)39-17-7-8-18(39)12-19(11-17)43-14-21-27(38-45-29(21)15-5-6-15)20-3-1-2-4-23(20)44-31(33,34)35/h1-4,9-10,15,17-19H,5-8,11-14H2,(H,36,40)(H,41,42). The number of alkyl halides is 3. The topological polar surface area (TPSA) is 127 Å². The van der Waals surface area contributed by atoms with Crippen molar-refractivity contribution in [2.75, 3.05) is 10.2 Å². The summed E-state index contributed by atoms with van der Waals surface area (Å²) < 4.78 is 71.3. The second kappa shape index (κ2) is 11.8. The van der Waals surface area contributed by atoms with Crippen molar-refractivity contribution < 1.29 is 46.3 Å². The van der Waals surface area contributed by atoms with Gasteiger partial charge in [0, 0.05) is 34.8 Å². The van der Waals surface area contributed by atoms with Crippen LogP contribution in [-0.4, -0.2) is 51.7 Å². The zero-order chi connectivity index (χ0) is 32.2. The van der Waals surface area contributed by atoms with Crippen molar-refractivity contribution in [3.8, 4) is 17.0 Å². The molecule has 2 aliphatic heterocycles. The van der Waals surface area contributed by atoms with Crippen molar-refractivity contribution in [2.24, 2.45) is 0 Å². The molecule has 2 bridgehead atoms. The number of hydrogen-bond acceptors (Lipinski definition) is 9. The molecule has 1 amide bonds. The molecule has 4 heterocycles. The Balaban J connectivity index is 1.07. The van der Waals surface area contributed by atoms with Crippen LogP contribution in [0.3, 0.4) is 0 Å². The van der Waals surface area contributed by atoms with E-state index < -0.39 is 30.5 Å². The maximum absolute atomic E-state index is 15.0. The summed E-state index contributed by atoms with van der Waals surface area (Å²) in [6.45, 7) is 0.123. The van der Waals surface area contributed by atoms with E-state index in [1.54, 1.807) is 12.1 Å². The number of aromatic nitrogens is 2. The number of nitrogens with one attached hydrogen (secondary N) is 1. The summed E-state index contributed by atoms with van der Waals surface area (Å²) >= 11 is 1.30. The summed E-state index contributed by atoms with van der Waals surface area (Å²) in [6.07, 6.45) is -0.759. The Bertz CT molecular complexity index is 1790. The second-order valence-corrected chi connectivity index (χ2v) is 12.8. The molecule has 3 aliphatic rings. The molecule has 46 heavy (non-hydrogen) atoms. The van der Waals surface area contributed by atoms with E-state index in [0.29, 0.717) is 34.0 Å². The third-order valence-corrected chi connectivity index (χ3v) is 9.56. The largest absolute Gasteiger partial charge is 0.573 e. The number of carboxylic acids is 1. The van der Waals surface area contributed by atoms with Crippen LogP contribution in [0.4, 0.5) is 28.4 Å². The van der Waals surface area contributed by atoms with Crippen LogP contribution < -0.4 is 15.0 Å². The van der Waals surface area contributed by atoms with E-state index in [9.17, 15) is 27.2 Å². The van der Waals surface area contributed by atoms with E-state index in [-0.39, 0.29) is 58.9 Å². The number of piperidine rings is 1. The molecule has 0 radical (unpaired) electrons. The minimum Gasteiger partial charge on any atom is -0.481 e. The lowest BCUT2D eigenvalue weighted by Crippen LogP contribution is -2.45. The van der Waals surface area contributed by atoms with Crippen LogP contribution in [0.5, 0.6) is 5.75 Å². The van der Waals surface area contributed by atoms with Gasteiger partial charge >= 0.3 is 12.3 Å². The molecule has 2 aromatic heterocycles. The second-order valence-electron chi connectivity index (χ2n) is 11.8. The number of halogens is 4. The minimum atomic E-state index is -4.86. The van der Waals surface area contributed by atoms with Gasteiger partial charge in [0.15, 0.2) is 10.9 Å². The van der Waals surface area contributed by atoms with E-state index in [1.807, 2.05) is 0 Å². The predicted octanol–water partition coefficient (Wildman–Crippen LogP) is 7.00. The Hall–Kier alpha value is -4.24. The van der Waals surface area contributed by atoms with Crippen LogP contribution in [-0.2, 0) is 20.9 Å². The molecule has 2 N–H and O–H groups in total. The number of anilines is 2. The van der Waals surface area contributed by atoms with Crippen LogP contribution in [0.1, 0.15) is 62.2 Å². The van der Waals surface area contributed by atoms with Gasteiger partial charge in [-0.25, -0.2) is 9.37 Å². The predicted molar refractivity (Wildman–Crippen MR) is 158 cm³/mol. The zero-order valence-corrected chi connectivity index (χ0v) is 25.0. The van der Waals surface area contributed by atoms with Gasteiger partial charge in [-0.3, -0.25) is 9.59 Å². The molecule has 10 nitrogen and oxygen atoms in total. The van der Waals surface area contributed by atoms with Gasteiger partial charge in [-0.2, -0.15) is 0 Å². The summed E-state index contributed by atoms with van der Waals surface area (Å²) in [4.78, 5) is 29.5. The lowest BCUT2D eigenvalue weighted by atomic mass is 10.00. The quantitative estimate of drug-likeness (QED) is 0.137. The van der Waals surface area contributed by atoms with E-state index in [4.69, 9.17) is 14.4 Å². The van der Waals surface area contributed by atoms with E-state index >= 15 is 0 Å². The number of ether oxygens (including phenoxy) is 2. The monoisotopic (exact) mass is 660 g/mol. The van der Waals surface area contributed by atoms with Gasteiger partial charge in [-0.05, 0) is 62.8 Å².